The van der Waals surface area contributed by atoms with Crippen LogP contribution in [0.25, 0.3) is 10.9 Å². The fourth-order valence-corrected chi connectivity index (χ4v) is 2.04. The summed E-state index contributed by atoms with van der Waals surface area (Å²) in [6.07, 6.45) is 6.38. The highest BCUT2D eigenvalue weighted by atomic mass is 16.1. The Morgan fingerprint density at radius 2 is 2.20 bits per heavy atom. The number of benzene rings is 1. The lowest BCUT2D eigenvalue weighted by Gasteiger charge is -2.05. The molecule has 0 aliphatic rings. The van der Waals surface area contributed by atoms with Gasteiger partial charge in [-0.2, -0.15) is 5.10 Å². The second kappa shape index (κ2) is 5.52. The quantitative estimate of drug-likeness (QED) is 0.762. The van der Waals surface area contributed by atoms with E-state index >= 15 is 0 Å². The summed E-state index contributed by atoms with van der Waals surface area (Å²) in [6.45, 7) is 0. The Morgan fingerprint density at radius 3 is 3.05 bits per heavy atom. The van der Waals surface area contributed by atoms with E-state index in [9.17, 15) is 4.79 Å². The van der Waals surface area contributed by atoms with Crippen molar-refractivity contribution in [2.45, 2.75) is 12.8 Å². The van der Waals surface area contributed by atoms with Crippen molar-refractivity contribution in [2.24, 2.45) is 0 Å². The van der Waals surface area contributed by atoms with Gasteiger partial charge in [0.2, 0.25) is 5.91 Å². The second-order valence-corrected chi connectivity index (χ2v) is 4.58. The number of nitrogens with zero attached hydrogens (tertiary/aromatic N) is 2. The van der Waals surface area contributed by atoms with Crippen LogP contribution in [0.4, 0.5) is 5.69 Å². The summed E-state index contributed by atoms with van der Waals surface area (Å²) >= 11 is 0. The molecule has 5 heteroatoms. The van der Waals surface area contributed by atoms with E-state index in [4.69, 9.17) is 0 Å². The Morgan fingerprint density at radius 1 is 1.25 bits per heavy atom. The third-order valence-corrected chi connectivity index (χ3v) is 3.09. The van der Waals surface area contributed by atoms with Gasteiger partial charge in [-0.1, -0.05) is 6.07 Å². The zero-order valence-electron chi connectivity index (χ0n) is 10.8. The smallest absolute Gasteiger partial charge is 0.224 e. The molecule has 2 N–H and O–H groups in total. The molecule has 5 nitrogen and oxygen atoms in total. The molecule has 0 saturated carbocycles. The van der Waals surface area contributed by atoms with E-state index in [1.165, 1.54) is 0 Å². The van der Waals surface area contributed by atoms with Crippen LogP contribution in [0.3, 0.4) is 0 Å². The van der Waals surface area contributed by atoms with Gasteiger partial charge in [0.05, 0.1) is 11.7 Å². The van der Waals surface area contributed by atoms with Crippen LogP contribution in [-0.2, 0) is 11.2 Å². The maximum atomic E-state index is 11.9. The van der Waals surface area contributed by atoms with Crippen LogP contribution in [0.2, 0.25) is 0 Å². The van der Waals surface area contributed by atoms with Crippen molar-refractivity contribution in [3.63, 3.8) is 0 Å². The van der Waals surface area contributed by atoms with Gasteiger partial charge in [0.25, 0.3) is 0 Å². The molecule has 0 atom stereocenters. The first-order valence-electron chi connectivity index (χ1n) is 6.43. The SMILES string of the molecule is O=C(CCc1cccnc1)Nc1ccc2cn[nH]c2c1. The van der Waals surface area contributed by atoms with Crippen molar-refractivity contribution in [1.82, 2.24) is 15.2 Å². The summed E-state index contributed by atoms with van der Waals surface area (Å²) in [5.74, 6) is -0.00674. The number of aromatic amines is 1. The molecular weight excluding hydrogens is 252 g/mol. The number of carbonyl (C=O) groups excluding carboxylic acids is 1. The number of hydrogen-bond donors (Lipinski definition) is 2. The number of nitrogens with one attached hydrogen (secondary N) is 2. The molecule has 100 valence electrons. The Kier molecular flexibility index (Phi) is 3.41. The Balaban J connectivity index is 1.61. The number of anilines is 1. The number of amides is 1. The van der Waals surface area contributed by atoms with Crippen LogP contribution in [0.15, 0.2) is 48.9 Å². The van der Waals surface area contributed by atoms with Crippen molar-refractivity contribution in [3.8, 4) is 0 Å². The van der Waals surface area contributed by atoms with E-state index in [1.807, 2.05) is 30.3 Å². The average Bonchev–Trinajstić information content (AvgIpc) is 2.94. The molecule has 0 bridgehead atoms. The van der Waals surface area contributed by atoms with Crippen molar-refractivity contribution >= 4 is 22.5 Å². The summed E-state index contributed by atoms with van der Waals surface area (Å²) in [6, 6.07) is 9.52. The summed E-state index contributed by atoms with van der Waals surface area (Å²) in [5.41, 5.74) is 2.75. The molecule has 0 aliphatic heterocycles. The molecule has 1 aromatic carbocycles. The number of aromatic nitrogens is 3. The van der Waals surface area contributed by atoms with Gasteiger partial charge in [-0.15, -0.1) is 0 Å². The van der Waals surface area contributed by atoms with Crippen LogP contribution in [0.5, 0.6) is 0 Å². The zero-order chi connectivity index (χ0) is 13.8. The van der Waals surface area contributed by atoms with Gasteiger partial charge in [-0.3, -0.25) is 14.9 Å². The highest BCUT2D eigenvalue weighted by Gasteiger charge is 2.04. The first kappa shape index (κ1) is 12.3. The molecule has 0 radical (unpaired) electrons. The first-order valence-corrected chi connectivity index (χ1v) is 6.43. The molecule has 0 saturated heterocycles. The molecular formula is C15H14N4O. The van der Waals surface area contributed by atoms with E-state index in [0.717, 1.165) is 22.2 Å². The number of H-pyrrole nitrogens is 1. The van der Waals surface area contributed by atoms with Gasteiger partial charge in [-0.25, -0.2) is 0 Å². The molecule has 2 aromatic heterocycles. The number of hydrogen-bond acceptors (Lipinski definition) is 3. The maximum absolute atomic E-state index is 11.9. The monoisotopic (exact) mass is 266 g/mol. The lowest BCUT2D eigenvalue weighted by atomic mass is 10.1. The number of carbonyl (C=O) groups is 1. The molecule has 1 amide bonds. The highest BCUT2D eigenvalue weighted by molar-refractivity contribution is 5.93. The van der Waals surface area contributed by atoms with Crippen molar-refractivity contribution in [3.05, 3.63) is 54.5 Å². The minimum atomic E-state index is -0.00674. The maximum Gasteiger partial charge on any atom is 0.224 e. The minimum Gasteiger partial charge on any atom is -0.326 e. The largest absolute Gasteiger partial charge is 0.326 e. The molecule has 20 heavy (non-hydrogen) atoms. The lowest BCUT2D eigenvalue weighted by molar-refractivity contribution is -0.116. The Labute approximate surface area is 116 Å². The number of aryl methyl sites for hydroxylation is 1. The van der Waals surface area contributed by atoms with Crippen LogP contribution in [0, 0.1) is 0 Å². The van der Waals surface area contributed by atoms with Gasteiger partial charge in [0, 0.05) is 29.9 Å². The van der Waals surface area contributed by atoms with E-state index in [-0.39, 0.29) is 5.91 Å². The molecule has 3 aromatic rings. The molecule has 0 unspecified atom stereocenters. The van der Waals surface area contributed by atoms with E-state index < -0.39 is 0 Å². The van der Waals surface area contributed by atoms with Crippen LogP contribution < -0.4 is 5.32 Å². The minimum absolute atomic E-state index is 0.00674. The van der Waals surface area contributed by atoms with Gasteiger partial charge < -0.3 is 5.32 Å². The normalized spacial score (nSPS) is 10.6. The first-order chi connectivity index (χ1) is 9.81. The molecule has 0 fully saturated rings. The summed E-state index contributed by atoms with van der Waals surface area (Å²) in [4.78, 5) is 15.9. The molecule has 3 rings (SSSR count). The van der Waals surface area contributed by atoms with Crippen LogP contribution in [-0.4, -0.2) is 21.1 Å². The van der Waals surface area contributed by atoms with Gasteiger partial charge >= 0.3 is 0 Å². The van der Waals surface area contributed by atoms with Gasteiger partial charge in [0.1, 0.15) is 0 Å². The van der Waals surface area contributed by atoms with E-state index in [0.29, 0.717) is 12.8 Å². The lowest BCUT2D eigenvalue weighted by Crippen LogP contribution is -2.12. The van der Waals surface area contributed by atoms with Gasteiger partial charge in [-0.05, 0) is 36.2 Å². The van der Waals surface area contributed by atoms with E-state index in [2.05, 4.69) is 20.5 Å². The fourth-order valence-electron chi connectivity index (χ4n) is 2.04. The molecule has 0 aliphatic carbocycles. The van der Waals surface area contributed by atoms with Gasteiger partial charge in [0.15, 0.2) is 0 Å². The third kappa shape index (κ3) is 2.83. The highest BCUT2D eigenvalue weighted by Crippen LogP contribution is 2.16. The van der Waals surface area contributed by atoms with Crippen molar-refractivity contribution in [1.29, 1.82) is 0 Å². The average molecular weight is 266 g/mol. The molecule has 2 heterocycles. The zero-order valence-corrected chi connectivity index (χ0v) is 10.8. The third-order valence-electron chi connectivity index (χ3n) is 3.09. The summed E-state index contributed by atoms with van der Waals surface area (Å²) < 4.78 is 0. The number of fused-ring (bicyclic) bond motifs is 1. The Bertz CT molecular complexity index is 721. The standard InChI is InChI=1S/C15H14N4O/c20-15(6-3-11-2-1-7-16-9-11)18-13-5-4-12-10-17-19-14(12)8-13/h1-2,4-5,7-10H,3,6H2,(H,17,19)(H,18,20). The van der Waals surface area contributed by atoms with Crippen LogP contribution in [0.1, 0.15) is 12.0 Å². The van der Waals surface area contributed by atoms with Crippen LogP contribution >= 0.6 is 0 Å². The fraction of sp³-hybridized carbons (Fsp3) is 0.133. The predicted molar refractivity (Wildman–Crippen MR) is 77.3 cm³/mol. The Hall–Kier alpha value is -2.69. The van der Waals surface area contributed by atoms with E-state index in [1.54, 1.807) is 18.6 Å². The summed E-state index contributed by atoms with van der Waals surface area (Å²) in [7, 11) is 0. The topological polar surface area (TPSA) is 70.7 Å². The number of pyridine rings is 1. The second-order valence-electron chi connectivity index (χ2n) is 4.58. The number of rotatable bonds is 4. The predicted octanol–water partition coefficient (Wildman–Crippen LogP) is 2.53. The van der Waals surface area contributed by atoms with Crippen molar-refractivity contribution in [2.75, 3.05) is 5.32 Å². The van der Waals surface area contributed by atoms with Crippen molar-refractivity contribution < 1.29 is 4.79 Å². The summed E-state index contributed by atoms with van der Waals surface area (Å²) in [5, 5.41) is 10.7. The molecule has 0 spiro atoms.